The monoisotopic (exact) mass is 435 g/mol. The first-order valence-corrected chi connectivity index (χ1v) is 11.6. The SMILES string of the molecule is CC/C=C1/C(c2cnn(C(CC)CC)c2)=NC(c2cnn(C[C@@H]3CCC(=O)N3)c2)=CN1C. The highest BCUT2D eigenvalue weighted by Gasteiger charge is 2.24. The molecular formula is C24H33N7O. The third-order valence-corrected chi connectivity index (χ3v) is 6.18. The summed E-state index contributed by atoms with van der Waals surface area (Å²) in [6.07, 6.45) is 16.6. The molecule has 2 aromatic rings. The number of aromatic nitrogens is 4. The molecule has 0 unspecified atom stereocenters. The Kier molecular flexibility index (Phi) is 6.58. The van der Waals surface area contributed by atoms with Crippen molar-refractivity contribution < 1.29 is 4.79 Å². The summed E-state index contributed by atoms with van der Waals surface area (Å²) in [6.45, 7) is 7.20. The van der Waals surface area contributed by atoms with Gasteiger partial charge in [-0.15, -0.1) is 0 Å². The predicted molar refractivity (Wildman–Crippen MR) is 126 cm³/mol. The van der Waals surface area contributed by atoms with E-state index in [1.165, 1.54) is 0 Å². The summed E-state index contributed by atoms with van der Waals surface area (Å²) < 4.78 is 3.96. The average Bonchev–Trinajstić information content (AvgIpc) is 3.53. The zero-order valence-electron chi connectivity index (χ0n) is 19.5. The van der Waals surface area contributed by atoms with Gasteiger partial charge in [0.2, 0.25) is 5.91 Å². The Hall–Kier alpha value is -3.16. The molecule has 2 aliphatic heterocycles. The minimum atomic E-state index is 0.123. The van der Waals surface area contributed by atoms with Gasteiger partial charge in [-0.25, -0.2) is 4.99 Å². The topological polar surface area (TPSA) is 80.3 Å². The van der Waals surface area contributed by atoms with E-state index in [0.717, 1.165) is 53.9 Å². The van der Waals surface area contributed by atoms with E-state index in [9.17, 15) is 4.79 Å². The maximum absolute atomic E-state index is 11.5. The lowest BCUT2D eigenvalue weighted by atomic mass is 10.1. The van der Waals surface area contributed by atoms with E-state index in [-0.39, 0.29) is 11.9 Å². The molecule has 1 saturated heterocycles. The molecule has 0 spiro atoms. The van der Waals surface area contributed by atoms with Gasteiger partial charge in [0.1, 0.15) is 0 Å². The van der Waals surface area contributed by atoms with Crippen molar-refractivity contribution in [3.8, 4) is 0 Å². The second-order valence-corrected chi connectivity index (χ2v) is 8.52. The Labute approximate surface area is 189 Å². The second-order valence-electron chi connectivity index (χ2n) is 8.52. The summed E-state index contributed by atoms with van der Waals surface area (Å²) >= 11 is 0. The van der Waals surface area contributed by atoms with E-state index < -0.39 is 0 Å². The minimum absolute atomic E-state index is 0.123. The van der Waals surface area contributed by atoms with Crippen molar-refractivity contribution in [2.45, 2.75) is 71.5 Å². The first-order valence-electron chi connectivity index (χ1n) is 11.6. The van der Waals surface area contributed by atoms with Crippen LogP contribution in [0.15, 0.2) is 47.8 Å². The zero-order chi connectivity index (χ0) is 22.7. The van der Waals surface area contributed by atoms with Crippen molar-refractivity contribution >= 4 is 17.3 Å². The van der Waals surface area contributed by atoms with Crippen LogP contribution in [-0.2, 0) is 11.3 Å². The van der Waals surface area contributed by atoms with Crippen LogP contribution in [0.2, 0.25) is 0 Å². The van der Waals surface area contributed by atoms with Crippen LogP contribution in [0.1, 0.15) is 70.0 Å². The molecule has 2 aromatic heterocycles. The maximum Gasteiger partial charge on any atom is 0.220 e. The number of amides is 1. The van der Waals surface area contributed by atoms with Crippen LogP contribution in [0.4, 0.5) is 0 Å². The molecule has 0 aliphatic carbocycles. The molecule has 2 aliphatic rings. The molecule has 0 saturated carbocycles. The van der Waals surface area contributed by atoms with Crippen LogP contribution < -0.4 is 5.32 Å². The summed E-state index contributed by atoms with van der Waals surface area (Å²) in [5, 5.41) is 12.2. The van der Waals surface area contributed by atoms with E-state index in [1.807, 2.05) is 23.3 Å². The van der Waals surface area contributed by atoms with E-state index in [4.69, 9.17) is 4.99 Å². The summed E-state index contributed by atoms with van der Waals surface area (Å²) in [7, 11) is 2.06. The smallest absolute Gasteiger partial charge is 0.220 e. The van der Waals surface area contributed by atoms with Crippen LogP contribution in [-0.4, -0.2) is 49.2 Å². The Balaban J connectivity index is 1.62. The number of hydrogen-bond donors (Lipinski definition) is 1. The highest BCUT2D eigenvalue weighted by molar-refractivity contribution is 6.15. The molecule has 1 atom stereocenters. The maximum atomic E-state index is 11.5. The number of hydrogen-bond acceptors (Lipinski definition) is 5. The molecule has 170 valence electrons. The summed E-state index contributed by atoms with van der Waals surface area (Å²) in [5.74, 6) is 0.123. The van der Waals surface area contributed by atoms with E-state index >= 15 is 0 Å². The largest absolute Gasteiger partial charge is 0.351 e. The molecule has 8 nitrogen and oxygen atoms in total. The Morgan fingerprint density at radius 2 is 1.94 bits per heavy atom. The highest BCUT2D eigenvalue weighted by Crippen LogP contribution is 2.28. The second kappa shape index (κ2) is 9.54. The predicted octanol–water partition coefficient (Wildman–Crippen LogP) is 3.75. The number of likely N-dealkylation sites (N-methyl/N-ethyl adjacent to an activating group) is 1. The third-order valence-electron chi connectivity index (χ3n) is 6.18. The molecule has 1 amide bonds. The summed E-state index contributed by atoms with van der Waals surface area (Å²) in [6, 6.07) is 0.543. The Morgan fingerprint density at radius 1 is 1.16 bits per heavy atom. The number of allylic oxidation sites excluding steroid dienone is 2. The lowest BCUT2D eigenvalue weighted by molar-refractivity contribution is -0.119. The first kappa shape index (κ1) is 22.0. The molecule has 32 heavy (non-hydrogen) atoms. The van der Waals surface area contributed by atoms with Crippen LogP contribution in [0.3, 0.4) is 0 Å². The lowest BCUT2D eigenvalue weighted by Gasteiger charge is -2.25. The highest BCUT2D eigenvalue weighted by atomic mass is 16.1. The molecule has 0 radical (unpaired) electrons. The molecular weight excluding hydrogens is 402 g/mol. The molecule has 1 fully saturated rings. The van der Waals surface area contributed by atoms with Gasteiger partial charge in [0.25, 0.3) is 0 Å². The van der Waals surface area contributed by atoms with E-state index in [1.54, 1.807) is 0 Å². The molecule has 0 aromatic carbocycles. The number of nitrogens with zero attached hydrogens (tertiary/aromatic N) is 6. The summed E-state index contributed by atoms with van der Waals surface area (Å²) in [4.78, 5) is 18.7. The van der Waals surface area contributed by atoms with Gasteiger partial charge in [-0.1, -0.05) is 26.8 Å². The Morgan fingerprint density at radius 3 is 2.62 bits per heavy atom. The van der Waals surface area contributed by atoms with Crippen LogP contribution in [0.25, 0.3) is 5.70 Å². The molecule has 1 N–H and O–H groups in total. The van der Waals surface area contributed by atoms with Crippen molar-refractivity contribution in [3.63, 3.8) is 0 Å². The quantitative estimate of drug-likeness (QED) is 0.685. The van der Waals surface area contributed by atoms with Crippen LogP contribution in [0, 0.1) is 0 Å². The minimum Gasteiger partial charge on any atom is -0.351 e. The average molecular weight is 436 g/mol. The molecule has 4 rings (SSSR count). The van der Waals surface area contributed by atoms with Gasteiger partial charge in [-0.3, -0.25) is 14.2 Å². The first-order chi connectivity index (χ1) is 15.5. The number of nitrogens with one attached hydrogen (secondary N) is 1. The van der Waals surface area contributed by atoms with Gasteiger partial charge in [-0.05, 0) is 25.7 Å². The van der Waals surface area contributed by atoms with Gasteiger partial charge < -0.3 is 10.2 Å². The van der Waals surface area contributed by atoms with Gasteiger partial charge in [-0.2, -0.15) is 10.2 Å². The van der Waals surface area contributed by atoms with Gasteiger partial charge in [0, 0.05) is 49.2 Å². The molecule has 8 heteroatoms. The van der Waals surface area contributed by atoms with Gasteiger partial charge in [0.15, 0.2) is 0 Å². The number of carbonyl (C=O) groups is 1. The van der Waals surface area contributed by atoms with Crippen molar-refractivity contribution in [3.05, 3.63) is 53.9 Å². The fourth-order valence-corrected chi connectivity index (χ4v) is 4.37. The van der Waals surface area contributed by atoms with Crippen molar-refractivity contribution in [2.24, 2.45) is 4.99 Å². The van der Waals surface area contributed by atoms with E-state index in [2.05, 4.69) is 71.4 Å². The number of carbonyl (C=O) groups excluding carboxylic acids is 1. The fraction of sp³-hybridized carbons (Fsp3) is 0.500. The molecule has 0 bridgehead atoms. The Bertz CT molecular complexity index is 1050. The van der Waals surface area contributed by atoms with Crippen LogP contribution >= 0.6 is 0 Å². The van der Waals surface area contributed by atoms with Crippen molar-refractivity contribution in [1.82, 2.24) is 29.8 Å². The number of aliphatic imine (C=N–C) groups is 1. The fourth-order valence-electron chi connectivity index (χ4n) is 4.37. The standard InChI is InChI=1S/C24H33N7O/c1-5-8-22-24(18-12-26-31(14-18)20(6-2)7-3)28-21(16-29(22)4)17-11-25-30(13-17)15-19-9-10-23(32)27-19/h8,11-14,16,19-20H,5-7,9-10,15H2,1-4H3,(H,27,32)/b22-8-/t19-/m0/s1. The lowest BCUT2D eigenvalue weighted by Crippen LogP contribution is -2.29. The summed E-state index contributed by atoms with van der Waals surface area (Å²) in [5.41, 5.74) is 4.87. The molecule has 4 heterocycles. The third kappa shape index (κ3) is 4.54. The normalized spacial score (nSPS) is 20.2. The van der Waals surface area contributed by atoms with Crippen molar-refractivity contribution in [1.29, 1.82) is 0 Å². The van der Waals surface area contributed by atoms with E-state index in [0.29, 0.717) is 19.0 Å². The van der Waals surface area contributed by atoms with Gasteiger partial charge >= 0.3 is 0 Å². The van der Waals surface area contributed by atoms with Crippen molar-refractivity contribution in [2.75, 3.05) is 7.05 Å². The van der Waals surface area contributed by atoms with Gasteiger partial charge in [0.05, 0.1) is 42.1 Å². The van der Waals surface area contributed by atoms with Crippen LogP contribution in [0.5, 0.6) is 0 Å². The number of rotatable bonds is 8. The zero-order valence-corrected chi connectivity index (χ0v) is 19.5.